The van der Waals surface area contributed by atoms with Crippen molar-refractivity contribution >= 4 is 18.5 Å². The van der Waals surface area contributed by atoms with E-state index in [4.69, 9.17) is 15.0 Å². The summed E-state index contributed by atoms with van der Waals surface area (Å²) in [6, 6.07) is 0. The number of aromatic nitrogens is 1. The molecule has 2 N–H and O–H groups in total. The van der Waals surface area contributed by atoms with Gasteiger partial charge in [0.05, 0.1) is 17.6 Å². The highest BCUT2D eigenvalue weighted by Gasteiger charge is 2.52. The number of nitrogens with two attached hydrogens (primary N) is 1. The van der Waals surface area contributed by atoms with Crippen molar-refractivity contribution in [2.24, 2.45) is 5.73 Å². The van der Waals surface area contributed by atoms with E-state index in [2.05, 4.69) is 4.98 Å². The third-order valence-corrected chi connectivity index (χ3v) is 4.12. The Morgan fingerprint density at radius 1 is 1.25 bits per heavy atom. The number of hydrogen-bond donors (Lipinski definition) is 1. The molecule has 20 heavy (non-hydrogen) atoms. The van der Waals surface area contributed by atoms with E-state index in [0.717, 1.165) is 16.6 Å². The van der Waals surface area contributed by atoms with Crippen LogP contribution in [0.25, 0.3) is 0 Å². The van der Waals surface area contributed by atoms with Gasteiger partial charge in [-0.05, 0) is 51.2 Å². The Labute approximate surface area is 120 Å². The molecule has 1 aliphatic heterocycles. The van der Waals surface area contributed by atoms with Crippen molar-refractivity contribution in [3.05, 3.63) is 23.5 Å². The molecule has 5 nitrogen and oxygen atoms in total. The number of nitrogens with zero attached hydrogens (tertiary/aromatic N) is 1. The molecule has 0 saturated carbocycles. The molecule has 2 heterocycles. The van der Waals surface area contributed by atoms with Gasteiger partial charge < -0.3 is 15.0 Å². The van der Waals surface area contributed by atoms with Crippen molar-refractivity contribution in [1.82, 2.24) is 4.98 Å². The molecule has 0 radical (unpaired) electrons. The number of carbonyl (C=O) groups excluding carboxylic acids is 1. The molecule has 0 bridgehead atoms. The molecule has 1 amide bonds. The van der Waals surface area contributed by atoms with Crippen molar-refractivity contribution in [3.8, 4) is 0 Å². The lowest BCUT2D eigenvalue weighted by Crippen LogP contribution is -2.41. The van der Waals surface area contributed by atoms with Crippen LogP contribution < -0.4 is 11.2 Å². The average molecular weight is 276 g/mol. The second-order valence-corrected chi connectivity index (χ2v) is 6.26. The molecule has 0 aliphatic carbocycles. The zero-order chi connectivity index (χ0) is 15.1. The summed E-state index contributed by atoms with van der Waals surface area (Å²) in [6.45, 7) is 9.92. The van der Waals surface area contributed by atoms with E-state index in [9.17, 15) is 4.79 Å². The number of carbonyl (C=O) groups is 1. The molecular weight excluding hydrogens is 255 g/mol. The van der Waals surface area contributed by atoms with Gasteiger partial charge in [-0.2, -0.15) is 0 Å². The molecule has 1 aromatic rings. The first-order valence-corrected chi connectivity index (χ1v) is 6.71. The maximum Gasteiger partial charge on any atom is 0.495 e. The fraction of sp³-hybridized carbons (Fsp3) is 0.571. The quantitative estimate of drug-likeness (QED) is 0.825. The Morgan fingerprint density at radius 3 is 2.30 bits per heavy atom. The molecular formula is C14H21BN2O3. The average Bonchev–Trinajstić information content (AvgIpc) is 2.46. The highest BCUT2D eigenvalue weighted by Crippen LogP contribution is 2.36. The predicted octanol–water partition coefficient (Wildman–Crippen LogP) is 0.717. The van der Waals surface area contributed by atoms with Gasteiger partial charge in [-0.1, -0.05) is 0 Å². The van der Waals surface area contributed by atoms with Gasteiger partial charge in [0.2, 0.25) is 5.91 Å². The molecule has 0 spiro atoms. The maximum atomic E-state index is 11.2. The van der Waals surface area contributed by atoms with Gasteiger partial charge in [-0.25, -0.2) is 0 Å². The van der Waals surface area contributed by atoms with Gasteiger partial charge in [0.25, 0.3) is 0 Å². The van der Waals surface area contributed by atoms with Crippen LogP contribution >= 0.6 is 0 Å². The molecule has 1 aromatic heterocycles. The Bertz CT molecular complexity index is 527. The first-order valence-electron chi connectivity index (χ1n) is 6.71. The van der Waals surface area contributed by atoms with Crippen LogP contribution in [0.4, 0.5) is 0 Å². The molecule has 0 aromatic carbocycles. The summed E-state index contributed by atoms with van der Waals surface area (Å²) >= 11 is 0. The van der Waals surface area contributed by atoms with Gasteiger partial charge in [-0.15, -0.1) is 0 Å². The monoisotopic (exact) mass is 276 g/mol. The standard InChI is InChI=1S/C14H21BN2O3/c1-9-7-17-8-10(6-11(16)18)12(9)15-19-13(2,3)14(4,5)20-15/h7-8H,6H2,1-5H3,(H2,16,18). The zero-order valence-electron chi connectivity index (χ0n) is 12.7. The minimum absolute atomic E-state index is 0.133. The van der Waals surface area contributed by atoms with Crippen molar-refractivity contribution < 1.29 is 14.1 Å². The van der Waals surface area contributed by atoms with E-state index in [1.807, 2.05) is 34.6 Å². The Kier molecular flexibility index (Phi) is 3.65. The fourth-order valence-corrected chi connectivity index (χ4v) is 2.26. The molecule has 1 saturated heterocycles. The lowest BCUT2D eigenvalue weighted by Gasteiger charge is -2.32. The zero-order valence-corrected chi connectivity index (χ0v) is 12.7. The third-order valence-electron chi connectivity index (χ3n) is 4.12. The topological polar surface area (TPSA) is 74.4 Å². The van der Waals surface area contributed by atoms with Crippen LogP contribution in [-0.4, -0.2) is 29.2 Å². The van der Waals surface area contributed by atoms with E-state index in [-0.39, 0.29) is 6.42 Å². The number of rotatable bonds is 3. The van der Waals surface area contributed by atoms with Crippen LogP contribution in [0.15, 0.2) is 12.4 Å². The third kappa shape index (κ3) is 2.58. The first-order chi connectivity index (χ1) is 9.14. The smallest absolute Gasteiger partial charge is 0.399 e. The highest BCUT2D eigenvalue weighted by molar-refractivity contribution is 6.63. The van der Waals surface area contributed by atoms with Crippen molar-refractivity contribution in [1.29, 1.82) is 0 Å². The summed E-state index contributed by atoms with van der Waals surface area (Å²) in [7, 11) is -0.502. The second kappa shape index (κ2) is 4.86. The Morgan fingerprint density at radius 2 is 1.80 bits per heavy atom. The van der Waals surface area contributed by atoms with Crippen LogP contribution in [0.5, 0.6) is 0 Å². The van der Waals surface area contributed by atoms with E-state index in [1.165, 1.54) is 0 Å². The van der Waals surface area contributed by atoms with E-state index in [1.54, 1.807) is 12.4 Å². The molecule has 2 rings (SSSR count). The van der Waals surface area contributed by atoms with Crippen molar-refractivity contribution in [2.75, 3.05) is 0 Å². The Balaban J connectivity index is 2.41. The van der Waals surface area contributed by atoms with Crippen molar-refractivity contribution in [2.45, 2.75) is 52.2 Å². The minimum Gasteiger partial charge on any atom is -0.399 e. The number of pyridine rings is 1. The largest absolute Gasteiger partial charge is 0.495 e. The first kappa shape index (κ1) is 15.0. The summed E-state index contributed by atoms with van der Waals surface area (Å²) in [5, 5.41) is 0. The molecule has 0 unspecified atom stereocenters. The number of primary amides is 1. The lowest BCUT2D eigenvalue weighted by atomic mass is 9.73. The summed E-state index contributed by atoms with van der Waals surface area (Å²) in [4.78, 5) is 15.3. The molecule has 6 heteroatoms. The van der Waals surface area contributed by atoms with E-state index >= 15 is 0 Å². The highest BCUT2D eigenvalue weighted by atomic mass is 16.7. The van der Waals surface area contributed by atoms with Gasteiger partial charge in [0.1, 0.15) is 0 Å². The normalized spacial score (nSPS) is 20.1. The van der Waals surface area contributed by atoms with Crippen LogP contribution in [0.1, 0.15) is 38.8 Å². The molecule has 1 fully saturated rings. The van der Waals surface area contributed by atoms with Gasteiger partial charge in [0, 0.05) is 12.4 Å². The second-order valence-electron chi connectivity index (χ2n) is 6.26. The van der Waals surface area contributed by atoms with Crippen LogP contribution in [0.3, 0.4) is 0 Å². The SMILES string of the molecule is Cc1cncc(CC(N)=O)c1B1OC(C)(C)C(C)(C)O1. The van der Waals surface area contributed by atoms with E-state index in [0.29, 0.717) is 0 Å². The summed E-state index contributed by atoms with van der Waals surface area (Å²) in [6.07, 6.45) is 3.52. The predicted molar refractivity (Wildman–Crippen MR) is 77.6 cm³/mol. The van der Waals surface area contributed by atoms with Crippen LogP contribution in [-0.2, 0) is 20.5 Å². The Hall–Kier alpha value is -1.40. The summed E-state index contributed by atoms with van der Waals surface area (Å²) < 4.78 is 12.1. The molecule has 0 atom stereocenters. The minimum atomic E-state index is -0.502. The fourth-order valence-electron chi connectivity index (χ4n) is 2.26. The van der Waals surface area contributed by atoms with Crippen LogP contribution in [0, 0.1) is 6.92 Å². The maximum absolute atomic E-state index is 11.2. The summed E-state index contributed by atoms with van der Waals surface area (Å²) in [5.41, 5.74) is 7.01. The number of amides is 1. The van der Waals surface area contributed by atoms with Crippen LogP contribution in [0.2, 0.25) is 0 Å². The lowest BCUT2D eigenvalue weighted by molar-refractivity contribution is -0.117. The van der Waals surface area contributed by atoms with Crippen molar-refractivity contribution in [3.63, 3.8) is 0 Å². The van der Waals surface area contributed by atoms with Gasteiger partial charge >= 0.3 is 7.12 Å². The summed E-state index contributed by atoms with van der Waals surface area (Å²) in [5.74, 6) is -0.393. The number of hydrogen-bond acceptors (Lipinski definition) is 4. The number of aryl methyl sites for hydroxylation is 1. The van der Waals surface area contributed by atoms with Gasteiger partial charge in [0.15, 0.2) is 0 Å². The van der Waals surface area contributed by atoms with E-state index < -0.39 is 24.2 Å². The molecule has 108 valence electrons. The molecule has 1 aliphatic rings. The van der Waals surface area contributed by atoms with Gasteiger partial charge in [-0.3, -0.25) is 9.78 Å².